The standard InChI is InChI=1S/C22H24N4O3/c1-29-19-12-6-4-10-17(19)23-20(27)15-26-18-11-5-3-9-16(18)24-21(22(26)28)25-13-7-2-8-14-25/h3-6,9-12H,2,7-8,13-15H2,1H3,(H,23,27). The monoisotopic (exact) mass is 392 g/mol. The molecule has 0 radical (unpaired) electrons. The largest absolute Gasteiger partial charge is 0.495 e. The molecule has 0 spiro atoms. The number of carbonyl (C=O) groups is 1. The topological polar surface area (TPSA) is 76.5 Å². The van der Waals surface area contributed by atoms with Gasteiger partial charge in [0.25, 0.3) is 5.56 Å². The van der Waals surface area contributed by atoms with Crippen LogP contribution in [0.3, 0.4) is 0 Å². The number of hydrogen-bond acceptors (Lipinski definition) is 5. The molecule has 3 aromatic rings. The number of fused-ring (bicyclic) bond motifs is 1. The molecule has 2 heterocycles. The van der Waals surface area contributed by atoms with Gasteiger partial charge in [-0.3, -0.25) is 14.2 Å². The first-order chi connectivity index (χ1) is 14.2. The second-order valence-corrected chi connectivity index (χ2v) is 7.11. The van der Waals surface area contributed by atoms with E-state index in [1.807, 2.05) is 41.3 Å². The Morgan fingerprint density at radius 1 is 1.07 bits per heavy atom. The molecule has 29 heavy (non-hydrogen) atoms. The predicted molar refractivity (Wildman–Crippen MR) is 114 cm³/mol. The van der Waals surface area contributed by atoms with Crippen molar-refractivity contribution in [1.29, 1.82) is 0 Å². The summed E-state index contributed by atoms with van der Waals surface area (Å²) in [5.74, 6) is 0.702. The van der Waals surface area contributed by atoms with Crippen molar-refractivity contribution in [3.63, 3.8) is 0 Å². The fourth-order valence-electron chi connectivity index (χ4n) is 3.73. The highest BCUT2D eigenvalue weighted by molar-refractivity contribution is 5.93. The Balaban J connectivity index is 1.69. The quantitative estimate of drug-likeness (QED) is 0.722. The maximum atomic E-state index is 13.2. The van der Waals surface area contributed by atoms with Gasteiger partial charge < -0.3 is 15.0 Å². The summed E-state index contributed by atoms with van der Waals surface area (Å²) < 4.78 is 6.80. The van der Waals surface area contributed by atoms with Gasteiger partial charge in [-0.05, 0) is 43.5 Å². The van der Waals surface area contributed by atoms with Crippen LogP contribution in [0.4, 0.5) is 11.5 Å². The molecule has 7 nitrogen and oxygen atoms in total. The molecule has 1 N–H and O–H groups in total. The number of aromatic nitrogens is 2. The minimum absolute atomic E-state index is 0.0965. The fraction of sp³-hybridized carbons (Fsp3) is 0.318. The first kappa shape index (κ1) is 19.0. The van der Waals surface area contributed by atoms with E-state index < -0.39 is 0 Å². The SMILES string of the molecule is COc1ccccc1NC(=O)Cn1c(=O)c(N2CCCCC2)nc2ccccc21. The van der Waals surface area contributed by atoms with Gasteiger partial charge in [0, 0.05) is 13.1 Å². The maximum absolute atomic E-state index is 13.2. The molecule has 1 saturated heterocycles. The van der Waals surface area contributed by atoms with Crippen LogP contribution in [-0.4, -0.2) is 35.7 Å². The van der Waals surface area contributed by atoms with Gasteiger partial charge >= 0.3 is 0 Å². The minimum Gasteiger partial charge on any atom is -0.495 e. The van der Waals surface area contributed by atoms with Crippen molar-refractivity contribution in [2.75, 3.05) is 30.4 Å². The zero-order valence-corrected chi connectivity index (χ0v) is 16.4. The summed E-state index contributed by atoms with van der Waals surface area (Å²) in [6, 6.07) is 14.6. The van der Waals surface area contributed by atoms with Crippen LogP contribution < -0.4 is 20.5 Å². The van der Waals surface area contributed by atoms with Crippen molar-refractivity contribution in [1.82, 2.24) is 9.55 Å². The van der Waals surface area contributed by atoms with Gasteiger partial charge in [-0.25, -0.2) is 4.98 Å². The Labute approximate surface area is 168 Å². The van der Waals surface area contributed by atoms with Gasteiger partial charge in [0.15, 0.2) is 5.82 Å². The lowest BCUT2D eigenvalue weighted by atomic mass is 10.1. The second-order valence-electron chi connectivity index (χ2n) is 7.11. The first-order valence-electron chi connectivity index (χ1n) is 9.85. The van der Waals surface area contributed by atoms with Gasteiger partial charge in [-0.2, -0.15) is 0 Å². The lowest BCUT2D eigenvalue weighted by molar-refractivity contribution is -0.116. The first-order valence-corrected chi connectivity index (χ1v) is 9.85. The zero-order valence-electron chi connectivity index (χ0n) is 16.4. The van der Waals surface area contributed by atoms with E-state index in [1.54, 1.807) is 19.2 Å². The minimum atomic E-state index is -0.294. The highest BCUT2D eigenvalue weighted by Gasteiger charge is 2.20. The molecular formula is C22H24N4O3. The van der Waals surface area contributed by atoms with Crippen molar-refractivity contribution >= 4 is 28.4 Å². The van der Waals surface area contributed by atoms with Crippen LogP contribution in [0.2, 0.25) is 0 Å². The number of anilines is 2. The van der Waals surface area contributed by atoms with Crippen LogP contribution in [0.1, 0.15) is 19.3 Å². The summed E-state index contributed by atoms with van der Waals surface area (Å²) in [5.41, 5.74) is 1.69. The van der Waals surface area contributed by atoms with E-state index in [2.05, 4.69) is 10.3 Å². The molecule has 0 bridgehead atoms. The number of amides is 1. The highest BCUT2D eigenvalue weighted by Crippen LogP contribution is 2.23. The van der Waals surface area contributed by atoms with Crippen molar-refractivity contribution in [3.8, 4) is 5.75 Å². The van der Waals surface area contributed by atoms with E-state index in [-0.39, 0.29) is 18.0 Å². The van der Waals surface area contributed by atoms with Gasteiger partial charge in [-0.15, -0.1) is 0 Å². The van der Waals surface area contributed by atoms with Crippen molar-refractivity contribution in [3.05, 3.63) is 58.9 Å². The molecule has 4 rings (SSSR count). The van der Waals surface area contributed by atoms with E-state index in [0.29, 0.717) is 28.3 Å². The molecule has 2 aromatic carbocycles. The maximum Gasteiger partial charge on any atom is 0.294 e. The summed E-state index contributed by atoms with van der Waals surface area (Å²) in [5, 5.41) is 2.84. The van der Waals surface area contributed by atoms with Crippen molar-refractivity contribution < 1.29 is 9.53 Å². The fourth-order valence-corrected chi connectivity index (χ4v) is 3.73. The molecule has 1 fully saturated rings. The summed E-state index contributed by atoms with van der Waals surface area (Å²) in [6.45, 7) is 1.53. The number of methoxy groups -OCH3 is 1. The van der Waals surface area contributed by atoms with E-state index in [0.717, 1.165) is 25.9 Å². The van der Waals surface area contributed by atoms with Crippen LogP contribution in [0.25, 0.3) is 11.0 Å². The molecule has 1 amide bonds. The normalized spacial score (nSPS) is 14.0. The van der Waals surface area contributed by atoms with E-state index in [4.69, 9.17) is 4.74 Å². The van der Waals surface area contributed by atoms with Crippen LogP contribution in [0, 0.1) is 0 Å². The van der Waals surface area contributed by atoms with Crippen LogP contribution in [0.15, 0.2) is 53.3 Å². The molecule has 1 aliphatic rings. The average Bonchev–Trinajstić information content (AvgIpc) is 2.76. The molecule has 1 aromatic heterocycles. The highest BCUT2D eigenvalue weighted by atomic mass is 16.5. The molecule has 0 unspecified atom stereocenters. The third kappa shape index (κ3) is 3.94. The Morgan fingerprint density at radius 2 is 1.79 bits per heavy atom. The second kappa shape index (κ2) is 8.34. The third-order valence-corrected chi connectivity index (χ3v) is 5.17. The Kier molecular flexibility index (Phi) is 5.46. The van der Waals surface area contributed by atoms with E-state index in [9.17, 15) is 9.59 Å². The smallest absolute Gasteiger partial charge is 0.294 e. The lowest BCUT2D eigenvalue weighted by Crippen LogP contribution is -2.38. The van der Waals surface area contributed by atoms with Crippen LogP contribution in [0.5, 0.6) is 5.75 Å². The Morgan fingerprint density at radius 3 is 2.59 bits per heavy atom. The number of rotatable bonds is 5. The van der Waals surface area contributed by atoms with Gasteiger partial charge in [-0.1, -0.05) is 24.3 Å². The van der Waals surface area contributed by atoms with E-state index >= 15 is 0 Å². The van der Waals surface area contributed by atoms with Gasteiger partial charge in [0.2, 0.25) is 5.91 Å². The number of benzene rings is 2. The average molecular weight is 392 g/mol. The third-order valence-electron chi connectivity index (χ3n) is 5.17. The Bertz CT molecular complexity index is 1090. The number of nitrogens with one attached hydrogen (secondary N) is 1. The van der Waals surface area contributed by atoms with Crippen molar-refractivity contribution in [2.24, 2.45) is 0 Å². The molecule has 0 aliphatic carbocycles. The number of hydrogen-bond donors (Lipinski definition) is 1. The van der Waals surface area contributed by atoms with Crippen molar-refractivity contribution in [2.45, 2.75) is 25.8 Å². The zero-order chi connectivity index (χ0) is 20.2. The molecule has 0 atom stereocenters. The Hall–Kier alpha value is -3.35. The van der Waals surface area contributed by atoms with Gasteiger partial charge in [0.1, 0.15) is 12.3 Å². The van der Waals surface area contributed by atoms with E-state index in [1.165, 1.54) is 11.0 Å². The van der Waals surface area contributed by atoms with Gasteiger partial charge in [0.05, 0.1) is 23.8 Å². The summed E-state index contributed by atoms with van der Waals surface area (Å²) >= 11 is 0. The lowest BCUT2D eigenvalue weighted by Gasteiger charge is -2.27. The number of piperidine rings is 1. The van der Waals surface area contributed by atoms with Crippen LogP contribution >= 0.6 is 0 Å². The summed E-state index contributed by atoms with van der Waals surface area (Å²) in [6.07, 6.45) is 3.25. The molecule has 1 aliphatic heterocycles. The number of para-hydroxylation sites is 4. The summed E-state index contributed by atoms with van der Waals surface area (Å²) in [7, 11) is 1.55. The predicted octanol–water partition coefficient (Wildman–Crippen LogP) is 3.03. The van der Waals surface area contributed by atoms with Crippen LogP contribution in [-0.2, 0) is 11.3 Å². The molecular weight excluding hydrogens is 368 g/mol. The number of carbonyl (C=O) groups excluding carboxylic acids is 1. The summed E-state index contributed by atoms with van der Waals surface area (Å²) in [4.78, 5) is 32.7. The molecule has 7 heteroatoms. The molecule has 0 saturated carbocycles. The number of nitrogens with zero attached hydrogens (tertiary/aromatic N) is 3. The number of ether oxygens (including phenoxy) is 1. The molecule has 150 valence electrons.